The summed E-state index contributed by atoms with van der Waals surface area (Å²) >= 11 is 1.35. The van der Waals surface area contributed by atoms with Gasteiger partial charge in [0, 0.05) is 24.9 Å². The van der Waals surface area contributed by atoms with E-state index >= 15 is 0 Å². The van der Waals surface area contributed by atoms with Crippen LogP contribution in [-0.4, -0.2) is 30.3 Å². The van der Waals surface area contributed by atoms with Crippen LogP contribution in [0.2, 0.25) is 0 Å². The first kappa shape index (κ1) is 16.9. The van der Waals surface area contributed by atoms with Gasteiger partial charge in [-0.15, -0.1) is 11.3 Å². The number of ketones is 1. The molecule has 0 bridgehead atoms. The minimum atomic E-state index is -0.124. The van der Waals surface area contributed by atoms with Gasteiger partial charge in [-0.1, -0.05) is 12.1 Å². The maximum atomic E-state index is 12.2. The molecule has 0 saturated carbocycles. The number of hydrogen-bond acceptors (Lipinski definition) is 5. The van der Waals surface area contributed by atoms with Gasteiger partial charge in [0.2, 0.25) is 5.91 Å². The fourth-order valence-corrected chi connectivity index (χ4v) is 2.61. The molecule has 0 aliphatic carbocycles. The van der Waals surface area contributed by atoms with Crippen LogP contribution in [0.5, 0.6) is 5.75 Å². The highest BCUT2D eigenvalue weighted by Crippen LogP contribution is 2.20. The average molecular weight is 330 g/mol. The first-order valence-electron chi connectivity index (χ1n) is 7.16. The highest BCUT2D eigenvalue weighted by atomic mass is 32.1. The van der Waals surface area contributed by atoms with E-state index in [1.165, 1.54) is 29.2 Å². The molecule has 5 nitrogen and oxygen atoms in total. The van der Waals surface area contributed by atoms with E-state index in [0.717, 1.165) is 0 Å². The number of anilines is 1. The number of aromatic nitrogens is 1. The van der Waals surface area contributed by atoms with E-state index in [2.05, 4.69) is 4.98 Å². The van der Waals surface area contributed by atoms with Crippen LogP contribution in [0.3, 0.4) is 0 Å². The lowest BCUT2D eigenvalue weighted by atomic mass is 10.1. The van der Waals surface area contributed by atoms with Crippen LogP contribution < -0.4 is 9.64 Å². The van der Waals surface area contributed by atoms with Crippen LogP contribution >= 0.6 is 11.3 Å². The molecule has 1 aromatic heterocycles. The van der Waals surface area contributed by atoms with Gasteiger partial charge in [-0.05, 0) is 31.2 Å². The van der Waals surface area contributed by atoms with Crippen molar-refractivity contribution in [1.29, 1.82) is 0 Å². The minimum Gasteiger partial charge on any atom is -0.494 e. The van der Waals surface area contributed by atoms with Crippen molar-refractivity contribution < 1.29 is 14.3 Å². The molecular weight excluding hydrogens is 312 g/mol. The van der Waals surface area contributed by atoms with Crippen molar-refractivity contribution in [2.45, 2.75) is 13.8 Å². The summed E-state index contributed by atoms with van der Waals surface area (Å²) < 4.78 is 5.39. The number of thiazole rings is 1. The lowest BCUT2D eigenvalue weighted by Crippen LogP contribution is -2.22. The smallest absolute Gasteiger partial charge is 0.225 e. The van der Waals surface area contributed by atoms with E-state index in [1.807, 2.05) is 13.0 Å². The molecule has 0 aliphatic rings. The molecule has 23 heavy (non-hydrogen) atoms. The number of amides is 1. The van der Waals surface area contributed by atoms with Crippen LogP contribution in [0.15, 0.2) is 35.7 Å². The summed E-state index contributed by atoms with van der Waals surface area (Å²) in [4.78, 5) is 29.3. The van der Waals surface area contributed by atoms with Gasteiger partial charge in [0.05, 0.1) is 12.3 Å². The summed E-state index contributed by atoms with van der Waals surface area (Å²) in [5.74, 6) is 0.463. The molecule has 0 radical (unpaired) electrons. The van der Waals surface area contributed by atoms with Gasteiger partial charge in [-0.25, -0.2) is 4.98 Å². The van der Waals surface area contributed by atoms with E-state index < -0.39 is 0 Å². The molecule has 0 atom stereocenters. The van der Waals surface area contributed by atoms with Crippen molar-refractivity contribution in [3.05, 3.63) is 47.0 Å². The molecule has 0 saturated heterocycles. The normalized spacial score (nSPS) is 10.7. The standard InChI is InChI=1S/C17H18N2O3S/c1-4-22-15-7-5-6-13(10-15)16(21)9-8-14-11-23-17(18-14)19(3)12(2)20/h5-11H,4H2,1-3H3. The van der Waals surface area contributed by atoms with Crippen LogP contribution in [0.4, 0.5) is 5.13 Å². The predicted octanol–water partition coefficient (Wildman–Crippen LogP) is 3.42. The largest absolute Gasteiger partial charge is 0.494 e. The van der Waals surface area contributed by atoms with Gasteiger partial charge in [0.1, 0.15) is 5.75 Å². The van der Waals surface area contributed by atoms with Crippen LogP contribution in [-0.2, 0) is 4.79 Å². The fraction of sp³-hybridized carbons (Fsp3) is 0.235. The first-order chi connectivity index (χ1) is 11.0. The van der Waals surface area contributed by atoms with Crippen LogP contribution in [0.1, 0.15) is 29.9 Å². The number of hydrogen-bond donors (Lipinski definition) is 0. The molecule has 0 aliphatic heterocycles. The van der Waals surface area contributed by atoms with Crippen molar-refractivity contribution in [3.63, 3.8) is 0 Å². The second-order valence-corrected chi connectivity index (χ2v) is 5.63. The maximum absolute atomic E-state index is 12.2. The van der Waals surface area contributed by atoms with Gasteiger partial charge in [0.15, 0.2) is 10.9 Å². The van der Waals surface area contributed by atoms with E-state index in [4.69, 9.17) is 4.74 Å². The number of rotatable bonds is 6. The quantitative estimate of drug-likeness (QED) is 0.601. The Labute approximate surface area is 139 Å². The summed E-state index contributed by atoms with van der Waals surface area (Å²) in [7, 11) is 1.67. The summed E-state index contributed by atoms with van der Waals surface area (Å²) in [6.07, 6.45) is 3.11. The molecule has 120 valence electrons. The second kappa shape index (κ2) is 7.69. The summed E-state index contributed by atoms with van der Waals surface area (Å²) in [6, 6.07) is 7.06. The Morgan fingerprint density at radius 1 is 1.39 bits per heavy atom. The van der Waals surface area contributed by atoms with Crippen molar-refractivity contribution in [2.24, 2.45) is 0 Å². The Bertz CT molecular complexity index is 737. The Morgan fingerprint density at radius 2 is 2.17 bits per heavy atom. The third-order valence-corrected chi connectivity index (χ3v) is 4.04. The molecule has 2 aromatic rings. The molecular formula is C17H18N2O3S. The monoisotopic (exact) mass is 330 g/mol. The SMILES string of the molecule is CCOc1cccc(C(=O)C=Cc2csc(N(C)C(C)=O)n2)c1. The van der Waals surface area contributed by atoms with Gasteiger partial charge in [0.25, 0.3) is 0 Å². The maximum Gasteiger partial charge on any atom is 0.225 e. The molecule has 0 unspecified atom stereocenters. The average Bonchev–Trinajstić information content (AvgIpc) is 3.01. The second-order valence-electron chi connectivity index (χ2n) is 4.79. The summed E-state index contributed by atoms with van der Waals surface area (Å²) in [5.41, 5.74) is 1.20. The molecule has 6 heteroatoms. The van der Waals surface area contributed by atoms with E-state index in [-0.39, 0.29) is 11.7 Å². The zero-order valence-corrected chi connectivity index (χ0v) is 14.1. The van der Waals surface area contributed by atoms with E-state index in [0.29, 0.717) is 28.7 Å². The van der Waals surface area contributed by atoms with Gasteiger partial charge in [-0.2, -0.15) is 0 Å². The fourth-order valence-electron chi connectivity index (χ4n) is 1.80. The van der Waals surface area contributed by atoms with Crippen LogP contribution in [0, 0.1) is 0 Å². The highest BCUT2D eigenvalue weighted by molar-refractivity contribution is 7.14. The zero-order valence-electron chi connectivity index (χ0n) is 13.3. The number of nitrogens with zero attached hydrogens (tertiary/aromatic N) is 2. The van der Waals surface area contributed by atoms with Crippen molar-refractivity contribution in [2.75, 3.05) is 18.6 Å². The predicted molar refractivity (Wildman–Crippen MR) is 92.2 cm³/mol. The van der Waals surface area contributed by atoms with Gasteiger partial charge < -0.3 is 4.74 Å². The lowest BCUT2D eigenvalue weighted by Gasteiger charge is -2.09. The first-order valence-corrected chi connectivity index (χ1v) is 8.04. The lowest BCUT2D eigenvalue weighted by molar-refractivity contribution is -0.116. The number of carbonyl (C=O) groups excluding carboxylic acids is 2. The van der Waals surface area contributed by atoms with E-state index in [1.54, 1.807) is 36.7 Å². The minimum absolute atomic E-state index is 0.0845. The van der Waals surface area contributed by atoms with Gasteiger partial charge in [-0.3, -0.25) is 14.5 Å². The van der Waals surface area contributed by atoms with Crippen molar-refractivity contribution >= 4 is 34.2 Å². The number of benzene rings is 1. The van der Waals surface area contributed by atoms with Crippen molar-refractivity contribution in [3.8, 4) is 5.75 Å². The Kier molecular flexibility index (Phi) is 5.65. The Hall–Kier alpha value is -2.47. The van der Waals surface area contributed by atoms with E-state index in [9.17, 15) is 9.59 Å². The molecule has 1 amide bonds. The van der Waals surface area contributed by atoms with Gasteiger partial charge >= 0.3 is 0 Å². The molecule has 1 heterocycles. The topological polar surface area (TPSA) is 59.5 Å². The molecule has 0 N–H and O–H groups in total. The zero-order chi connectivity index (χ0) is 16.8. The molecule has 2 rings (SSSR count). The number of ether oxygens (including phenoxy) is 1. The third kappa shape index (κ3) is 4.50. The summed E-state index contributed by atoms with van der Waals surface area (Å²) in [5, 5.41) is 2.40. The number of carbonyl (C=O) groups is 2. The Balaban J connectivity index is 2.09. The van der Waals surface area contributed by atoms with Crippen LogP contribution in [0.25, 0.3) is 6.08 Å². The summed E-state index contributed by atoms with van der Waals surface area (Å²) in [6.45, 7) is 3.93. The van der Waals surface area contributed by atoms with Crippen molar-refractivity contribution in [1.82, 2.24) is 4.98 Å². The Morgan fingerprint density at radius 3 is 2.87 bits per heavy atom. The highest BCUT2D eigenvalue weighted by Gasteiger charge is 2.09. The third-order valence-electron chi connectivity index (χ3n) is 3.10. The molecule has 0 spiro atoms. The molecule has 1 aromatic carbocycles. The molecule has 0 fully saturated rings. The number of allylic oxidation sites excluding steroid dienone is 1.